The monoisotopic (exact) mass is 248 g/mol. The number of aromatic nitrogens is 1. The van der Waals surface area contributed by atoms with Crippen molar-refractivity contribution in [2.45, 2.75) is 18.4 Å². The van der Waals surface area contributed by atoms with E-state index in [9.17, 15) is 5.11 Å². The zero-order valence-electron chi connectivity index (χ0n) is 11.6. The van der Waals surface area contributed by atoms with Gasteiger partial charge in [-0.25, -0.2) is 0 Å². The Hall–Kier alpha value is -0.853. The molecule has 1 saturated heterocycles. The molecule has 0 N–H and O–H groups in total. The Morgan fingerprint density at radius 2 is 1.84 bits per heavy atom. The standard InChI is InChI=1S/C15H17N2O.Li/c1-17-10-7-15(18,8-11-17)14-13-5-3-2-4-12(13)6-9-16-14;/h2-6,9H,7-8,10-11H2,1H3;/q-1;+1. The second-order valence-electron chi connectivity index (χ2n) is 5.18. The Morgan fingerprint density at radius 3 is 2.58 bits per heavy atom. The van der Waals surface area contributed by atoms with E-state index in [1.54, 1.807) is 6.20 Å². The number of hydrogen-bond donors (Lipinski definition) is 0. The van der Waals surface area contributed by atoms with Crippen LogP contribution in [0.2, 0.25) is 0 Å². The van der Waals surface area contributed by atoms with Gasteiger partial charge in [0.25, 0.3) is 0 Å². The molecule has 3 rings (SSSR count). The van der Waals surface area contributed by atoms with Crippen LogP contribution in [-0.4, -0.2) is 30.0 Å². The van der Waals surface area contributed by atoms with Crippen molar-refractivity contribution in [1.29, 1.82) is 0 Å². The molecule has 2 aromatic rings. The van der Waals surface area contributed by atoms with Crippen molar-refractivity contribution in [3.63, 3.8) is 0 Å². The third-order valence-electron chi connectivity index (χ3n) is 3.90. The minimum Gasteiger partial charge on any atom is -0.845 e. The summed E-state index contributed by atoms with van der Waals surface area (Å²) >= 11 is 0. The third kappa shape index (κ3) is 2.70. The predicted molar refractivity (Wildman–Crippen MR) is 70.2 cm³/mol. The van der Waals surface area contributed by atoms with Crippen LogP contribution in [0.15, 0.2) is 36.5 Å². The first-order valence-electron chi connectivity index (χ1n) is 6.42. The maximum absolute atomic E-state index is 13.0. The van der Waals surface area contributed by atoms with Gasteiger partial charge in [0, 0.05) is 17.3 Å². The average Bonchev–Trinajstić information content (AvgIpc) is 2.42. The van der Waals surface area contributed by atoms with Gasteiger partial charge in [0.05, 0.1) is 0 Å². The van der Waals surface area contributed by atoms with Gasteiger partial charge in [-0.15, -0.1) is 0 Å². The zero-order valence-corrected chi connectivity index (χ0v) is 11.6. The molecule has 2 heterocycles. The van der Waals surface area contributed by atoms with E-state index in [1.807, 2.05) is 30.3 Å². The van der Waals surface area contributed by atoms with Crippen molar-refractivity contribution < 1.29 is 24.0 Å². The number of rotatable bonds is 1. The SMILES string of the molecule is CN1CCC([O-])(c2nccc3ccccc23)CC1.[Li+]. The molecule has 0 atom stereocenters. The second-order valence-corrected chi connectivity index (χ2v) is 5.18. The van der Waals surface area contributed by atoms with Gasteiger partial charge >= 0.3 is 18.9 Å². The van der Waals surface area contributed by atoms with E-state index >= 15 is 0 Å². The molecule has 0 unspecified atom stereocenters. The first-order valence-corrected chi connectivity index (χ1v) is 6.42. The number of hydrogen-bond acceptors (Lipinski definition) is 3. The predicted octanol–water partition coefficient (Wildman–Crippen LogP) is -1.48. The van der Waals surface area contributed by atoms with E-state index in [1.165, 1.54) is 0 Å². The molecule has 19 heavy (non-hydrogen) atoms. The Kier molecular flexibility index (Phi) is 4.32. The van der Waals surface area contributed by atoms with Gasteiger partial charge < -0.3 is 10.0 Å². The van der Waals surface area contributed by atoms with E-state index in [2.05, 4.69) is 16.9 Å². The number of fused-ring (bicyclic) bond motifs is 1. The van der Waals surface area contributed by atoms with E-state index in [0.717, 1.165) is 29.6 Å². The molecule has 0 bridgehead atoms. The van der Waals surface area contributed by atoms with Crippen LogP contribution in [-0.2, 0) is 5.60 Å². The molecule has 0 spiro atoms. The molecule has 1 aromatic carbocycles. The number of nitrogens with zero attached hydrogens (tertiary/aromatic N) is 2. The van der Waals surface area contributed by atoms with Crippen LogP contribution in [0.3, 0.4) is 0 Å². The molecule has 0 radical (unpaired) electrons. The van der Waals surface area contributed by atoms with E-state index in [0.29, 0.717) is 12.8 Å². The first kappa shape index (κ1) is 14.6. The minimum absolute atomic E-state index is 0. The van der Waals surface area contributed by atoms with Gasteiger partial charge in [-0.1, -0.05) is 29.9 Å². The largest absolute Gasteiger partial charge is 1.00 e. The van der Waals surface area contributed by atoms with Gasteiger partial charge in [-0.05, 0) is 44.4 Å². The van der Waals surface area contributed by atoms with Crippen LogP contribution in [0, 0.1) is 0 Å². The second kappa shape index (κ2) is 5.64. The van der Waals surface area contributed by atoms with Crippen LogP contribution in [0.1, 0.15) is 18.5 Å². The summed E-state index contributed by atoms with van der Waals surface area (Å²) in [5.74, 6) is 0. The molecule has 94 valence electrons. The Bertz CT molecular complexity index is 560. The molecule has 0 amide bonds. The van der Waals surface area contributed by atoms with E-state index in [4.69, 9.17) is 0 Å². The fraction of sp³-hybridized carbons (Fsp3) is 0.400. The van der Waals surface area contributed by atoms with Gasteiger partial charge in [-0.3, -0.25) is 4.98 Å². The van der Waals surface area contributed by atoms with Crippen LogP contribution >= 0.6 is 0 Å². The van der Waals surface area contributed by atoms with Crippen molar-refractivity contribution in [3.8, 4) is 0 Å². The summed E-state index contributed by atoms with van der Waals surface area (Å²) in [5, 5.41) is 15.1. The maximum Gasteiger partial charge on any atom is 1.00 e. The van der Waals surface area contributed by atoms with E-state index < -0.39 is 5.60 Å². The van der Waals surface area contributed by atoms with Crippen LogP contribution in [0.5, 0.6) is 0 Å². The van der Waals surface area contributed by atoms with Gasteiger partial charge in [0.15, 0.2) is 0 Å². The van der Waals surface area contributed by atoms with Crippen LogP contribution < -0.4 is 24.0 Å². The molecule has 3 nitrogen and oxygen atoms in total. The van der Waals surface area contributed by atoms with Crippen molar-refractivity contribution in [3.05, 3.63) is 42.2 Å². The average molecular weight is 248 g/mol. The number of pyridine rings is 1. The van der Waals surface area contributed by atoms with Gasteiger partial charge in [0.2, 0.25) is 0 Å². The van der Waals surface area contributed by atoms with Gasteiger partial charge in [-0.2, -0.15) is 0 Å². The number of piperidine rings is 1. The third-order valence-corrected chi connectivity index (χ3v) is 3.90. The summed E-state index contributed by atoms with van der Waals surface area (Å²) in [5.41, 5.74) is -0.290. The molecule has 0 aliphatic carbocycles. The molecule has 1 aromatic heterocycles. The molecular formula is C15H17LiN2O. The zero-order chi connectivity index (χ0) is 12.6. The van der Waals surface area contributed by atoms with Crippen molar-refractivity contribution >= 4 is 10.8 Å². The maximum atomic E-state index is 13.0. The minimum atomic E-state index is -1.02. The fourth-order valence-corrected chi connectivity index (χ4v) is 2.70. The molecule has 1 aliphatic rings. The Labute approximate surface area is 125 Å². The summed E-state index contributed by atoms with van der Waals surface area (Å²) in [6.07, 6.45) is 3.05. The smallest absolute Gasteiger partial charge is 0.845 e. The van der Waals surface area contributed by atoms with Gasteiger partial charge in [0.1, 0.15) is 0 Å². The topological polar surface area (TPSA) is 39.2 Å². The Morgan fingerprint density at radius 1 is 1.16 bits per heavy atom. The van der Waals surface area contributed by atoms with Crippen molar-refractivity contribution in [2.24, 2.45) is 0 Å². The first-order chi connectivity index (χ1) is 8.69. The Balaban J connectivity index is 0.00000133. The molecule has 0 saturated carbocycles. The van der Waals surface area contributed by atoms with Crippen LogP contribution in [0.25, 0.3) is 10.8 Å². The quantitative estimate of drug-likeness (QED) is 0.578. The summed E-state index contributed by atoms with van der Waals surface area (Å²) < 4.78 is 0. The normalized spacial score (nSPS) is 19.1. The number of likely N-dealkylation sites (tertiary alicyclic amines) is 1. The molecule has 4 heteroatoms. The summed E-state index contributed by atoms with van der Waals surface area (Å²) in [4.78, 5) is 6.61. The molecular weight excluding hydrogens is 231 g/mol. The summed E-state index contributed by atoms with van der Waals surface area (Å²) in [6, 6.07) is 10.00. The van der Waals surface area contributed by atoms with E-state index in [-0.39, 0.29) is 18.9 Å². The van der Waals surface area contributed by atoms with Crippen LogP contribution in [0.4, 0.5) is 0 Å². The van der Waals surface area contributed by atoms with Crippen molar-refractivity contribution in [1.82, 2.24) is 9.88 Å². The number of benzene rings is 1. The summed E-state index contributed by atoms with van der Waals surface area (Å²) in [6.45, 7) is 1.71. The van der Waals surface area contributed by atoms with Crippen molar-refractivity contribution in [2.75, 3.05) is 20.1 Å². The molecule has 1 fully saturated rings. The molecule has 1 aliphatic heterocycles. The summed E-state index contributed by atoms with van der Waals surface area (Å²) in [7, 11) is 2.07. The fourth-order valence-electron chi connectivity index (χ4n) is 2.70.